The van der Waals surface area contributed by atoms with Crippen LogP contribution < -0.4 is 5.32 Å². The Bertz CT molecular complexity index is 5840. The number of hydrogen-bond acceptors (Lipinski definition) is 14. The summed E-state index contributed by atoms with van der Waals surface area (Å²) >= 11 is 26.5. The number of benzene rings is 1. The predicted molar refractivity (Wildman–Crippen MR) is 562 cm³/mol. The molecule has 1 N–H and O–H groups in total. The smallest absolute Gasteiger partial charge is 0.211 e. The highest BCUT2D eigenvalue weighted by molar-refractivity contribution is 7.34. The molecule has 122 heavy (non-hydrogen) atoms. The van der Waals surface area contributed by atoms with Crippen LogP contribution in [0.1, 0.15) is 233 Å². The maximum absolute atomic E-state index is 11.2. The number of thiophene rings is 13. The number of hydrogen-bond donors (Lipinski definition) is 1. The van der Waals surface area contributed by atoms with Crippen LogP contribution in [0.4, 0.5) is 5.69 Å². The molecule has 13 aromatic heterocycles. The molecule has 1 aromatic carbocycles. The van der Waals surface area contributed by atoms with Gasteiger partial charge in [-0.1, -0.05) is 178 Å². The molecule has 14 rings (SSSR count). The van der Waals surface area contributed by atoms with Crippen LogP contribution >= 0.6 is 147 Å². The van der Waals surface area contributed by atoms with Crippen molar-refractivity contribution in [3.05, 3.63) is 181 Å². The first-order valence-corrected chi connectivity index (χ1v) is 55.7. The van der Waals surface area contributed by atoms with Crippen LogP contribution in [0.5, 0.6) is 0 Å². The molecule has 0 aliphatic rings. The van der Waals surface area contributed by atoms with E-state index in [9.17, 15) is 4.79 Å². The second-order valence-electron chi connectivity index (χ2n) is 39.6. The molecule has 0 saturated carbocycles. The van der Waals surface area contributed by atoms with Gasteiger partial charge in [0.15, 0.2) is 0 Å². The minimum absolute atomic E-state index is 0.514. The van der Waals surface area contributed by atoms with Gasteiger partial charge in [0.05, 0.1) is 0 Å². The van der Waals surface area contributed by atoms with E-state index in [0.717, 1.165) is 94.7 Å². The fourth-order valence-corrected chi connectivity index (χ4v) is 33.9. The lowest BCUT2D eigenvalue weighted by atomic mass is 9.98. The lowest BCUT2D eigenvalue weighted by Crippen LogP contribution is -1.94. The third kappa shape index (κ3) is 22.4. The van der Waals surface area contributed by atoms with Gasteiger partial charge in [0.25, 0.3) is 0 Å². The van der Waals surface area contributed by atoms with Gasteiger partial charge in [0, 0.05) is 128 Å². The van der Waals surface area contributed by atoms with Gasteiger partial charge in [-0.15, -0.1) is 147 Å². The molecular weight excluding hydrogens is 1730 g/mol. The van der Waals surface area contributed by atoms with Gasteiger partial charge < -0.3 is 5.32 Å². The van der Waals surface area contributed by atoms with Crippen molar-refractivity contribution in [1.82, 2.24) is 0 Å². The molecule has 646 valence electrons. The van der Waals surface area contributed by atoms with E-state index < -0.39 is 0 Å². The van der Waals surface area contributed by atoms with Gasteiger partial charge in [0.1, 0.15) is 0 Å². The molecule has 0 fully saturated rings. The van der Waals surface area contributed by atoms with E-state index in [1.165, 1.54) is 189 Å². The van der Waals surface area contributed by atoms with Gasteiger partial charge >= 0.3 is 0 Å². The topological polar surface area (TPSA) is 29.1 Å². The molecule has 0 radical (unpaired) electrons. The molecule has 0 aliphatic heterocycles. The summed E-state index contributed by atoms with van der Waals surface area (Å²) in [5.74, 6) is 6.48. The van der Waals surface area contributed by atoms with E-state index in [-0.39, 0.29) is 0 Å². The van der Waals surface area contributed by atoms with Crippen molar-refractivity contribution < 1.29 is 4.79 Å². The summed E-state index contributed by atoms with van der Waals surface area (Å²) in [6.45, 7) is 57.6. The van der Waals surface area contributed by atoms with Crippen molar-refractivity contribution >= 4 is 159 Å². The van der Waals surface area contributed by atoms with E-state index in [1.54, 1.807) is 0 Å². The SMILES string of the molecule is CC(C)Cc1csc(-c2sc(-c3sc(-c4sc(-c5sc(-c6sc(-c7sc(-c8sc(-c9sc(-c%10sc(-c%11sc(-c%12sc(-c%13ccc(-c%14ccc(NC=O)cc%14)s%13)cc%12CC(C)C)cc%11CC(C)C)cc%10CC(C)C)cc9CC(C)C)cc8CC(C)C)cc7CC(C)C)cc6CC(C)C)cc5CC(C)C)cc4CC(C)C)cc3CC(C)C)cc2CC(C)C)c1. The van der Waals surface area contributed by atoms with Crippen LogP contribution in [0.25, 0.3) is 127 Å². The summed E-state index contributed by atoms with van der Waals surface area (Å²) in [4.78, 5) is 47.0. The normalized spacial score (nSPS) is 12.4. The number of carbonyl (C=O) groups excluding carboxylic acids is 1. The Morgan fingerprint density at radius 1 is 0.213 bits per heavy atom. The number of carbonyl (C=O) groups is 1. The van der Waals surface area contributed by atoms with Crippen LogP contribution in [0.2, 0.25) is 0 Å². The highest BCUT2D eigenvalue weighted by Gasteiger charge is 2.31. The molecule has 0 aliphatic carbocycles. The first kappa shape index (κ1) is 93.0. The standard InChI is InChI=1S/C107H129NOS13/c1-57(2)31-69-43-86(110-55-69)97-72(33-59(5)6)45-88(113-97)99-74(35-61(9)10)47-90(115-99)101-76(37-63(13)14)49-92(117-101)103-78(39-65(17)18)51-94(119-103)105-80(41-67(21)22)53-96(121-105)107-81(42-68(23)24)54-95(122-107)106-79(40-66(19)20)52-93(120-106)104-77(38-64(15)16)50-91(118-104)102-75(36-62(11)12)48-89(116-102)100-73(34-60(7)8)46-87(114-100)98-71(32-58(3)4)44-85(112-98)84-30-29-83(111-84)70-25-27-82(28-26-70)108-56-109/h25-30,43-68H,31-42H2,1-24H3,(H,108,109). The van der Waals surface area contributed by atoms with Gasteiger partial charge in [-0.25, -0.2) is 0 Å². The van der Waals surface area contributed by atoms with Crippen molar-refractivity contribution in [2.45, 2.75) is 243 Å². The lowest BCUT2D eigenvalue weighted by molar-refractivity contribution is -0.105. The van der Waals surface area contributed by atoms with Crippen LogP contribution in [-0.2, 0) is 81.8 Å². The van der Waals surface area contributed by atoms with Crippen molar-refractivity contribution in [3.63, 3.8) is 0 Å². The second-order valence-corrected chi connectivity index (χ2v) is 53.2. The van der Waals surface area contributed by atoms with Crippen molar-refractivity contribution in [2.24, 2.45) is 71.0 Å². The quantitative estimate of drug-likeness (QED) is 0.0382. The average molecular weight is 1860 g/mol. The number of nitrogens with one attached hydrogen (secondary N) is 1. The van der Waals surface area contributed by atoms with E-state index in [2.05, 4.69) is 376 Å². The summed E-state index contributed by atoms with van der Waals surface area (Å²) in [6, 6.07) is 44.0. The maximum atomic E-state index is 11.2. The number of anilines is 1. The van der Waals surface area contributed by atoms with E-state index in [4.69, 9.17) is 0 Å². The molecule has 0 spiro atoms. The van der Waals surface area contributed by atoms with Crippen LogP contribution in [-0.4, -0.2) is 6.41 Å². The molecule has 13 heterocycles. The maximum Gasteiger partial charge on any atom is 0.211 e. The summed E-state index contributed by atoms with van der Waals surface area (Å²) < 4.78 is 0. The highest BCUT2D eigenvalue weighted by Crippen LogP contribution is 2.58. The zero-order valence-corrected chi connectivity index (χ0v) is 87.3. The molecule has 1 amide bonds. The predicted octanol–water partition coefficient (Wildman–Crippen LogP) is 38.1. The first-order valence-electron chi connectivity index (χ1n) is 45.1. The Morgan fingerprint density at radius 2 is 0.410 bits per heavy atom. The Labute approximate surface area is 784 Å². The fraction of sp³-hybridized carbons (Fsp3) is 0.449. The molecule has 0 unspecified atom stereocenters. The molecule has 2 nitrogen and oxygen atoms in total. The van der Waals surface area contributed by atoms with Crippen molar-refractivity contribution in [1.29, 1.82) is 0 Å². The van der Waals surface area contributed by atoms with E-state index >= 15 is 0 Å². The highest BCUT2D eigenvalue weighted by atomic mass is 32.2. The van der Waals surface area contributed by atoms with Crippen LogP contribution in [0.15, 0.2) is 115 Å². The summed E-state index contributed by atoms with van der Waals surface area (Å²) in [5.41, 5.74) is 20.0. The number of amides is 1. The molecule has 0 saturated heterocycles. The lowest BCUT2D eigenvalue weighted by Gasteiger charge is -2.05. The van der Waals surface area contributed by atoms with Crippen molar-refractivity contribution in [2.75, 3.05) is 5.32 Å². The van der Waals surface area contributed by atoms with Gasteiger partial charge in [-0.3, -0.25) is 4.79 Å². The van der Waals surface area contributed by atoms with Gasteiger partial charge in [-0.05, 0) is 323 Å². The Balaban J connectivity index is 0.817. The zero-order chi connectivity index (χ0) is 87.0. The minimum atomic E-state index is 0.514. The van der Waals surface area contributed by atoms with Crippen LogP contribution in [0.3, 0.4) is 0 Å². The average Bonchev–Trinajstić information content (AvgIpc) is 1.61. The Hall–Kier alpha value is -5.21. The minimum Gasteiger partial charge on any atom is -0.329 e. The van der Waals surface area contributed by atoms with E-state index in [1.807, 2.05) is 57.5 Å². The Kier molecular flexibility index (Phi) is 31.0. The summed E-state index contributed by atoms with van der Waals surface area (Å²) in [6.07, 6.45) is 13.5. The summed E-state index contributed by atoms with van der Waals surface area (Å²) in [5, 5.41) is 5.21. The Morgan fingerprint density at radius 3 is 0.623 bits per heavy atom. The van der Waals surface area contributed by atoms with Gasteiger partial charge in [0.2, 0.25) is 6.41 Å². The third-order valence-electron chi connectivity index (χ3n) is 21.8. The zero-order valence-electron chi connectivity index (χ0n) is 76.7. The fourth-order valence-electron chi connectivity index (χ4n) is 17.3. The monoisotopic (exact) mass is 1860 g/mol. The third-order valence-corrected chi connectivity index (χ3v) is 39.1. The second kappa shape index (κ2) is 40.6. The molecule has 15 heteroatoms. The largest absolute Gasteiger partial charge is 0.329 e. The molecule has 0 bridgehead atoms. The summed E-state index contributed by atoms with van der Waals surface area (Å²) in [7, 11) is 0. The van der Waals surface area contributed by atoms with Gasteiger partial charge in [-0.2, -0.15) is 0 Å². The molecular formula is C107H129NOS13. The van der Waals surface area contributed by atoms with E-state index in [0.29, 0.717) is 71.0 Å². The van der Waals surface area contributed by atoms with Crippen LogP contribution in [0, 0.1) is 71.0 Å². The number of rotatable bonds is 39. The van der Waals surface area contributed by atoms with Crippen molar-refractivity contribution in [3.8, 4) is 127 Å². The molecule has 0 atom stereocenters. The first-order chi connectivity index (χ1) is 58.1. The molecule has 14 aromatic rings.